The molecule has 3 atom stereocenters. The molecular weight excluding hydrogens is 244 g/mol. The molecule has 0 unspecified atom stereocenters. The zero-order chi connectivity index (χ0) is 12.7. The lowest BCUT2D eigenvalue weighted by Crippen LogP contribution is -2.47. The summed E-state index contributed by atoms with van der Waals surface area (Å²) >= 11 is 5.74. The number of fused-ring (bicyclic) bond motifs is 1. The molecule has 0 N–H and O–H groups in total. The van der Waals surface area contributed by atoms with Crippen molar-refractivity contribution in [1.29, 1.82) is 0 Å². The highest BCUT2D eigenvalue weighted by molar-refractivity contribution is 6.30. The molecule has 0 aromatic carbocycles. The number of piperidine rings is 1. The third-order valence-electron chi connectivity index (χ3n) is 3.56. The Bertz CT molecular complexity index is 383. The Morgan fingerprint density at radius 1 is 1.35 bits per heavy atom. The summed E-state index contributed by atoms with van der Waals surface area (Å²) in [6.45, 7) is 2.43. The number of carbonyl (C=O) groups excluding carboxylic acids is 3. The number of hydrogen-bond acceptors (Lipinski definition) is 3. The van der Waals surface area contributed by atoms with Crippen LogP contribution in [0.15, 0.2) is 0 Å². The summed E-state index contributed by atoms with van der Waals surface area (Å²) in [6.07, 6.45) is 0.551. The maximum absolute atomic E-state index is 11.8. The van der Waals surface area contributed by atoms with Crippen molar-refractivity contribution in [2.45, 2.75) is 18.7 Å². The molecular formula is C11H15ClN2O3. The van der Waals surface area contributed by atoms with E-state index in [-0.39, 0.29) is 29.6 Å². The van der Waals surface area contributed by atoms with Gasteiger partial charge in [-0.2, -0.15) is 0 Å². The van der Waals surface area contributed by atoms with Gasteiger partial charge in [-0.15, -0.1) is 11.6 Å². The van der Waals surface area contributed by atoms with Gasteiger partial charge >= 0.3 is 0 Å². The highest BCUT2D eigenvalue weighted by Crippen LogP contribution is 2.32. The van der Waals surface area contributed by atoms with Crippen molar-refractivity contribution >= 4 is 29.3 Å². The molecule has 0 bridgehead atoms. The number of rotatable bonds is 1. The fraction of sp³-hybridized carbons (Fsp3) is 0.727. The first kappa shape index (κ1) is 12.4. The van der Waals surface area contributed by atoms with Crippen molar-refractivity contribution in [2.75, 3.05) is 20.1 Å². The first-order valence-corrected chi connectivity index (χ1v) is 6.11. The summed E-state index contributed by atoms with van der Waals surface area (Å²) in [5, 5.41) is -0.587. The van der Waals surface area contributed by atoms with Crippen LogP contribution in [0, 0.1) is 11.8 Å². The third kappa shape index (κ3) is 1.92. The van der Waals surface area contributed by atoms with E-state index in [1.54, 1.807) is 11.8 Å². The van der Waals surface area contributed by atoms with Gasteiger partial charge < -0.3 is 4.90 Å². The van der Waals surface area contributed by atoms with E-state index in [9.17, 15) is 14.4 Å². The average molecular weight is 259 g/mol. The normalized spacial score (nSPS) is 30.5. The van der Waals surface area contributed by atoms with Gasteiger partial charge in [-0.3, -0.25) is 19.3 Å². The number of nitrogens with zero attached hydrogens (tertiary/aromatic N) is 2. The molecule has 2 aliphatic rings. The number of amides is 3. The van der Waals surface area contributed by atoms with Crippen LogP contribution in [-0.2, 0) is 14.4 Å². The zero-order valence-corrected chi connectivity index (χ0v) is 10.6. The van der Waals surface area contributed by atoms with Gasteiger partial charge in [-0.05, 0) is 13.3 Å². The van der Waals surface area contributed by atoms with Crippen LogP contribution >= 0.6 is 11.6 Å². The second-order valence-electron chi connectivity index (χ2n) is 4.64. The molecule has 2 fully saturated rings. The Morgan fingerprint density at radius 3 is 2.53 bits per heavy atom. The molecule has 2 rings (SSSR count). The second-order valence-corrected chi connectivity index (χ2v) is 5.29. The summed E-state index contributed by atoms with van der Waals surface area (Å²) in [6, 6.07) is 0. The van der Waals surface area contributed by atoms with E-state index in [0.29, 0.717) is 19.5 Å². The van der Waals surface area contributed by atoms with Crippen LogP contribution < -0.4 is 0 Å². The number of carbonyl (C=O) groups is 3. The lowest BCUT2D eigenvalue weighted by atomic mass is 9.87. The molecule has 0 radical (unpaired) electrons. The Morgan fingerprint density at radius 2 is 1.94 bits per heavy atom. The van der Waals surface area contributed by atoms with Gasteiger partial charge in [0.15, 0.2) is 0 Å². The van der Waals surface area contributed by atoms with Gasteiger partial charge in [0.05, 0.1) is 11.8 Å². The molecule has 0 spiro atoms. The van der Waals surface area contributed by atoms with Crippen LogP contribution in [0.4, 0.5) is 0 Å². The Labute approximate surface area is 105 Å². The predicted octanol–water partition coefficient (Wildman–Crippen LogP) is 0.0770. The van der Waals surface area contributed by atoms with E-state index in [1.807, 2.05) is 0 Å². The maximum Gasteiger partial charge on any atom is 0.240 e. The first-order chi connectivity index (χ1) is 7.93. The molecule has 6 heteroatoms. The number of halogens is 1. The first-order valence-electron chi connectivity index (χ1n) is 5.67. The predicted molar refractivity (Wildman–Crippen MR) is 61.3 cm³/mol. The minimum atomic E-state index is -0.587. The molecule has 3 amide bonds. The van der Waals surface area contributed by atoms with Crippen molar-refractivity contribution < 1.29 is 14.4 Å². The summed E-state index contributed by atoms with van der Waals surface area (Å²) in [4.78, 5) is 38.1. The van der Waals surface area contributed by atoms with Gasteiger partial charge in [0.25, 0.3) is 0 Å². The Kier molecular flexibility index (Phi) is 3.12. The fourth-order valence-corrected chi connectivity index (χ4v) is 2.69. The van der Waals surface area contributed by atoms with Crippen LogP contribution in [0.5, 0.6) is 0 Å². The molecule has 2 saturated heterocycles. The SMILES string of the molecule is C[C@H](Cl)C(=O)N1CC[C@H]2C(=O)N(C)C(=O)[C@H]2C1. The highest BCUT2D eigenvalue weighted by atomic mass is 35.5. The van der Waals surface area contributed by atoms with Crippen LogP contribution in [0.2, 0.25) is 0 Å². The van der Waals surface area contributed by atoms with E-state index in [1.165, 1.54) is 11.9 Å². The molecule has 17 heavy (non-hydrogen) atoms. The van der Waals surface area contributed by atoms with Crippen LogP contribution in [-0.4, -0.2) is 53.0 Å². The van der Waals surface area contributed by atoms with E-state index in [0.717, 1.165) is 0 Å². The summed E-state index contributed by atoms with van der Waals surface area (Å²) in [7, 11) is 1.50. The van der Waals surface area contributed by atoms with Crippen molar-refractivity contribution in [3.63, 3.8) is 0 Å². The van der Waals surface area contributed by atoms with E-state index in [2.05, 4.69) is 0 Å². The van der Waals surface area contributed by atoms with Gasteiger partial charge in [-0.1, -0.05) is 0 Å². The van der Waals surface area contributed by atoms with E-state index >= 15 is 0 Å². The molecule has 2 aliphatic heterocycles. The highest BCUT2D eigenvalue weighted by Gasteiger charge is 2.49. The number of likely N-dealkylation sites (tertiary alicyclic amines) is 2. The smallest absolute Gasteiger partial charge is 0.240 e. The van der Waals surface area contributed by atoms with E-state index in [4.69, 9.17) is 11.6 Å². The minimum Gasteiger partial charge on any atom is -0.341 e. The number of alkyl halides is 1. The van der Waals surface area contributed by atoms with Crippen LogP contribution in [0.3, 0.4) is 0 Å². The maximum atomic E-state index is 11.8. The topological polar surface area (TPSA) is 57.7 Å². The van der Waals surface area contributed by atoms with Crippen LogP contribution in [0.25, 0.3) is 0 Å². The largest absolute Gasteiger partial charge is 0.341 e. The average Bonchev–Trinajstić information content (AvgIpc) is 2.53. The van der Waals surface area contributed by atoms with Crippen molar-refractivity contribution in [1.82, 2.24) is 9.80 Å². The zero-order valence-electron chi connectivity index (χ0n) is 9.85. The molecule has 2 heterocycles. The van der Waals surface area contributed by atoms with Crippen molar-refractivity contribution in [3.05, 3.63) is 0 Å². The van der Waals surface area contributed by atoms with Gasteiger partial charge in [0.1, 0.15) is 5.38 Å². The Hall–Kier alpha value is -1.10. The lowest BCUT2D eigenvalue weighted by molar-refractivity contribution is -0.138. The summed E-state index contributed by atoms with van der Waals surface area (Å²) in [5.41, 5.74) is 0. The van der Waals surface area contributed by atoms with Crippen molar-refractivity contribution in [3.8, 4) is 0 Å². The minimum absolute atomic E-state index is 0.119. The fourth-order valence-electron chi connectivity index (χ4n) is 2.56. The molecule has 94 valence electrons. The lowest BCUT2D eigenvalue weighted by Gasteiger charge is -2.33. The third-order valence-corrected chi connectivity index (χ3v) is 3.75. The molecule has 0 aliphatic carbocycles. The van der Waals surface area contributed by atoms with Crippen molar-refractivity contribution in [2.24, 2.45) is 11.8 Å². The summed E-state index contributed by atoms with van der Waals surface area (Å²) in [5.74, 6) is -1.09. The summed E-state index contributed by atoms with van der Waals surface area (Å²) < 4.78 is 0. The van der Waals surface area contributed by atoms with Gasteiger partial charge in [0, 0.05) is 20.1 Å². The molecule has 5 nitrogen and oxygen atoms in total. The molecule has 0 saturated carbocycles. The number of imide groups is 1. The second kappa shape index (κ2) is 4.29. The number of hydrogen-bond donors (Lipinski definition) is 0. The molecule has 0 aromatic heterocycles. The Balaban J connectivity index is 2.12. The standard InChI is InChI=1S/C11H15ClN2O3/c1-6(12)9(15)14-4-3-7-8(5-14)11(17)13(2)10(7)16/h6-8H,3-5H2,1-2H3/t6-,7+,8-/m0/s1. The monoisotopic (exact) mass is 258 g/mol. The van der Waals surface area contributed by atoms with Gasteiger partial charge in [-0.25, -0.2) is 0 Å². The van der Waals surface area contributed by atoms with Crippen LogP contribution in [0.1, 0.15) is 13.3 Å². The van der Waals surface area contributed by atoms with E-state index < -0.39 is 5.38 Å². The quantitative estimate of drug-likeness (QED) is 0.494. The van der Waals surface area contributed by atoms with Gasteiger partial charge in [0.2, 0.25) is 17.7 Å². The molecule has 0 aromatic rings.